The van der Waals surface area contributed by atoms with Gasteiger partial charge in [-0.3, -0.25) is 4.79 Å². The number of nitrogens with zero attached hydrogens (tertiary/aromatic N) is 3. The molecule has 2 atom stereocenters. The summed E-state index contributed by atoms with van der Waals surface area (Å²) in [5.41, 5.74) is 0.984. The molecule has 0 aliphatic carbocycles. The summed E-state index contributed by atoms with van der Waals surface area (Å²) in [4.78, 5) is 21.2. The molecule has 2 aliphatic heterocycles. The first-order valence-electron chi connectivity index (χ1n) is 8.48. The van der Waals surface area contributed by atoms with Crippen LogP contribution >= 0.6 is 24.8 Å². The molecule has 8 heteroatoms. The number of carbonyl (C=O) groups is 1. The second-order valence-corrected chi connectivity index (χ2v) is 6.47. The Labute approximate surface area is 164 Å². The maximum absolute atomic E-state index is 13.3. The van der Waals surface area contributed by atoms with E-state index in [-0.39, 0.29) is 43.3 Å². The summed E-state index contributed by atoms with van der Waals surface area (Å²) in [6.45, 7) is 3.11. The lowest BCUT2D eigenvalue weighted by molar-refractivity contribution is -0.133. The maximum atomic E-state index is 13.3. The average molecular weight is 401 g/mol. The highest BCUT2D eigenvalue weighted by Gasteiger charge is 2.33. The topological polar surface area (TPSA) is 48.5 Å². The molecule has 1 N–H and O–H groups in total. The van der Waals surface area contributed by atoms with Crippen LogP contribution in [0.2, 0.25) is 0 Å². The number of hydrogen-bond donors (Lipinski definition) is 1. The maximum Gasteiger partial charge on any atom is 0.239 e. The Bertz CT molecular complexity index is 755. The first kappa shape index (κ1) is 20.7. The van der Waals surface area contributed by atoms with E-state index in [9.17, 15) is 9.18 Å². The predicted octanol–water partition coefficient (Wildman–Crippen LogP) is 2.43. The van der Waals surface area contributed by atoms with Crippen LogP contribution in [0.5, 0.6) is 0 Å². The zero-order valence-electron chi connectivity index (χ0n) is 14.3. The Morgan fingerprint density at radius 1 is 1.08 bits per heavy atom. The molecule has 4 rings (SSSR count). The number of nitrogens with one attached hydrogen (secondary N) is 1. The number of fused-ring (bicyclic) bond motifs is 1. The second-order valence-electron chi connectivity index (χ2n) is 6.47. The Kier molecular flexibility index (Phi) is 7.03. The number of para-hydroxylation sites is 1. The smallest absolute Gasteiger partial charge is 0.239 e. The van der Waals surface area contributed by atoms with Crippen LogP contribution in [-0.4, -0.2) is 60.7 Å². The molecule has 1 amide bonds. The van der Waals surface area contributed by atoms with Crippen molar-refractivity contribution >= 4 is 47.4 Å². The van der Waals surface area contributed by atoms with Crippen molar-refractivity contribution in [3.63, 3.8) is 0 Å². The minimum absolute atomic E-state index is 0. The summed E-state index contributed by atoms with van der Waals surface area (Å²) < 4.78 is 13.3. The fourth-order valence-electron chi connectivity index (χ4n) is 3.49. The Balaban J connectivity index is 0.00000121. The van der Waals surface area contributed by atoms with Crippen LogP contribution in [0.1, 0.15) is 6.42 Å². The van der Waals surface area contributed by atoms with E-state index in [1.165, 1.54) is 0 Å². The molecule has 0 spiro atoms. The fraction of sp³-hybridized carbons (Fsp3) is 0.444. The predicted molar refractivity (Wildman–Crippen MR) is 106 cm³/mol. The van der Waals surface area contributed by atoms with E-state index in [1.807, 2.05) is 29.2 Å². The Hall–Kier alpha value is -1.63. The number of pyridine rings is 1. The number of carbonyl (C=O) groups excluding carboxylic acids is 1. The van der Waals surface area contributed by atoms with Crippen LogP contribution in [-0.2, 0) is 4.79 Å². The van der Waals surface area contributed by atoms with Crippen molar-refractivity contribution in [3.05, 3.63) is 36.4 Å². The number of aromatic nitrogens is 1. The van der Waals surface area contributed by atoms with E-state index in [0.29, 0.717) is 19.5 Å². The van der Waals surface area contributed by atoms with Gasteiger partial charge < -0.3 is 15.1 Å². The van der Waals surface area contributed by atoms with Gasteiger partial charge in [-0.25, -0.2) is 9.37 Å². The molecule has 0 bridgehead atoms. The van der Waals surface area contributed by atoms with Gasteiger partial charge in [0.15, 0.2) is 0 Å². The van der Waals surface area contributed by atoms with E-state index in [0.717, 1.165) is 29.8 Å². The summed E-state index contributed by atoms with van der Waals surface area (Å²) in [6.07, 6.45) is -0.604. The molecule has 2 saturated heterocycles. The summed E-state index contributed by atoms with van der Waals surface area (Å²) in [5.74, 6) is 0.977. The van der Waals surface area contributed by atoms with Crippen molar-refractivity contribution in [1.82, 2.24) is 15.2 Å². The third-order valence-electron chi connectivity index (χ3n) is 4.87. The van der Waals surface area contributed by atoms with Gasteiger partial charge >= 0.3 is 0 Å². The largest absolute Gasteiger partial charge is 0.353 e. The quantitative estimate of drug-likeness (QED) is 0.840. The van der Waals surface area contributed by atoms with Crippen LogP contribution in [0.4, 0.5) is 10.2 Å². The first-order valence-corrected chi connectivity index (χ1v) is 8.48. The Morgan fingerprint density at radius 2 is 1.81 bits per heavy atom. The molecule has 142 valence electrons. The molecular formula is C18H23Cl2FN4O. The molecule has 1 aromatic carbocycles. The van der Waals surface area contributed by atoms with Crippen molar-refractivity contribution in [2.24, 2.45) is 0 Å². The third kappa shape index (κ3) is 4.19. The zero-order valence-corrected chi connectivity index (χ0v) is 15.9. The van der Waals surface area contributed by atoms with Gasteiger partial charge in [-0.05, 0) is 18.2 Å². The highest BCUT2D eigenvalue weighted by atomic mass is 35.5. The number of amides is 1. The summed E-state index contributed by atoms with van der Waals surface area (Å²) >= 11 is 0. The van der Waals surface area contributed by atoms with Crippen LogP contribution in [0.3, 0.4) is 0 Å². The van der Waals surface area contributed by atoms with Crippen molar-refractivity contribution in [2.75, 3.05) is 37.6 Å². The fourth-order valence-corrected chi connectivity index (χ4v) is 3.49. The van der Waals surface area contributed by atoms with Gasteiger partial charge in [0.05, 0.1) is 11.6 Å². The van der Waals surface area contributed by atoms with Crippen molar-refractivity contribution in [2.45, 2.75) is 18.6 Å². The number of piperazine rings is 1. The average Bonchev–Trinajstić information content (AvgIpc) is 3.07. The van der Waals surface area contributed by atoms with Crippen LogP contribution in [0.15, 0.2) is 36.4 Å². The minimum Gasteiger partial charge on any atom is -0.353 e. The van der Waals surface area contributed by atoms with Crippen LogP contribution in [0, 0.1) is 0 Å². The third-order valence-corrected chi connectivity index (χ3v) is 4.87. The molecule has 2 fully saturated rings. The highest BCUT2D eigenvalue weighted by Crippen LogP contribution is 2.20. The van der Waals surface area contributed by atoms with E-state index < -0.39 is 6.17 Å². The molecule has 1 aromatic heterocycles. The van der Waals surface area contributed by atoms with Gasteiger partial charge in [-0.15, -0.1) is 24.8 Å². The monoisotopic (exact) mass is 400 g/mol. The Morgan fingerprint density at radius 3 is 2.50 bits per heavy atom. The van der Waals surface area contributed by atoms with Gasteiger partial charge in [-0.1, -0.05) is 18.2 Å². The molecule has 0 saturated carbocycles. The van der Waals surface area contributed by atoms with Gasteiger partial charge in [0.1, 0.15) is 12.0 Å². The van der Waals surface area contributed by atoms with Gasteiger partial charge in [0.2, 0.25) is 5.91 Å². The van der Waals surface area contributed by atoms with Gasteiger partial charge in [0.25, 0.3) is 0 Å². The van der Waals surface area contributed by atoms with E-state index in [2.05, 4.69) is 22.3 Å². The van der Waals surface area contributed by atoms with E-state index >= 15 is 0 Å². The second kappa shape index (κ2) is 8.84. The minimum atomic E-state index is -0.901. The van der Waals surface area contributed by atoms with E-state index in [1.54, 1.807) is 0 Å². The lowest BCUT2D eigenvalue weighted by Crippen LogP contribution is -2.53. The van der Waals surface area contributed by atoms with Gasteiger partial charge in [0, 0.05) is 44.5 Å². The molecule has 5 nitrogen and oxygen atoms in total. The lowest BCUT2D eigenvalue weighted by Gasteiger charge is -2.36. The number of anilines is 1. The molecule has 3 heterocycles. The standard InChI is InChI=1S/C18H21FN4O.2ClH/c19-14-11-16(20-12-14)18(24)23-9-7-22(8-10-23)17-6-5-13-3-1-2-4-15(13)21-17;;/h1-6,14,16,20H,7-12H2;2*1H/t14-,16+;;/m0../s1. The van der Waals surface area contributed by atoms with E-state index in [4.69, 9.17) is 4.98 Å². The van der Waals surface area contributed by atoms with Crippen LogP contribution < -0.4 is 10.2 Å². The molecular weight excluding hydrogens is 378 g/mol. The van der Waals surface area contributed by atoms with Crippen LogP contribution in [0.25, 0.3) is 10.9 Å². The molecule has 0 unspecified atom stereocenters. The van der Waals surface area contributed by atoms with Crippen molar-refractivity contribution < 1.29 is 9.18 Å². The SMILES string of the molecule is Cl.Cl.O=C([C@H]1C[C@H](F)CN1)N1CCN(c2ccc3ccccc3n2)CC1. The van der Waals surface area contributed by atoms with Crippen molar-refractivity contribution in [3.8, 4) is 0 Å². The lowest BCUT2D eigenvalue weighted by atomic mass is 10.1. The van der Waals surface area contributed by atoms with Crippen molar-refractivity contribution in [1.29, 1.82) is 0 Å². The number of alkyl halides is 1. The molecule has 26 heavy (non-hydrogen) atoms. The zero-order chi connectivity index (χ0) is 16.5. The molecule has 0 radical (unpaired) electrons. The summed E-state index contributed by atoms with van der Waals surface area (Å²) in [7, 11) is 0. The van der Waals surface area contributed by atoms with Gasteiger partial charge in [-0.2, -0.15) is 0 Å². The number of benzene rings is 1. The summed E-state index contributed by atoms with van der Waals surface area (Å²) in [6, 6.07) is 11.8. The number of halogens is 3. The number of hydrogen-bond acceptors (Lipinski definition) is 4. The normalized spacial score (nSPS) is 22.7. The molecule has 2 aromatic rings. The first-order chi connectivity index (χ1) is 11.7. The summed E-state index contributed by atoms with van der Waals surface area (Å²) in [5, 5.41) is 4.10. The molecule has 2 aliphatic rings. The highest BCUT2D eigenvalue weighted by molar-refractivity contribution is 5.85. The number of rotatable bonds is 2.